The molecule has 2 aromatic rings. The molecule has 2 aromatic carbocycles. The van der Waals surface area contributed by atoms with Crippen molar-refractivity contribution < 1.29 is 9.59 Å². The Hall–Kier alpha value is -3.08. The molecule has 25 heavy (non-hydrogen) atoms. The Morgan fingerprint density at radius 3 is 2.48 bits per heavy atom. The number of rotatable bonds is 3. The summed E-state index contributed by atoms with van der Waals surface area (Å²) in [5.74, 6) is -0.0306. The molecule has 4 rings (SSSR count). The SMILES string of the molecule is Cc1ccc([C@H]2NC(=O)NC3=C2C(=O)N(Cc2ccccc2)C3)cc1. The molecule has 0 radical (unpaired) electrons. The highest BCUT2D eigenvalue weighted by Crippen LogP contribution is 2.33. The van der Waals surface area contributed by atoms with Crippen LogP contribution in [0.3, 0.4) is 0 Å². The summed E-state index contributed by atoms with van der Waals surface area (Å²) in [6.45, 7) is 2.97. The predicted molar refractivity (Wildman–Crippen MR) is 94.5 cm³/mol. The number of nitrogens with zero attached hydrogens (tertiary/aromatic N) is 1. The number of hydrogen-bond acceptors (Lipinski definition) is 2. The van der Waals surface area contributed by atoms with Gasteiger partial charge in [0.15, 0.2) is 0 Å². The highest BCUT2D eigenvalue weighted by Gasteiger charge is 2.40. The second-order valence-electron chi connectivity index (χ2n) is 6.48. The van der Waals surface area contributed by atoms with Gasteiger partial charge in [0.25, 0.3) is 5.91 Å². The van der Waals surface area contributed by atoms with E-state index in [-0.39, 0.29) is 11.9 Å². The molecule has 1 atom stereocenters. The van der Waals surface area contributed by atoms with E-state index in [4.69, 9.17) is 0 Å². The maximum Gasteiger partial charge on any atom is 0.319 e. The van der Waals surface area contributed by atoms with Crippen molar-refractivity contribution in [3.05, 3.63) is 82.6 Å². The van der Waals surface area contributed by atoms with Crippen molar-refractivity contribution in [2.45, 2.75) is 19.5 Å². The minimum Gasteiger partial charge on any atom is -0.329 e. The maximum absolute atomic E-state index is 13.0. The van der Waals surface area contributed by atoms with E-state index in [2.05, 4.69) is 10.6 Å². The first-order chi connectivity index (χ1) is 12.1. The number of hydrogen-bond donors (Lipinski definition) is 2. The van der Waals surface area contributed by atoms with Gasteiger partial charge in [0, 0.05) is 6.54 Å². The summed E-state index contributed by atoms with van der Waals surface area (Å²) >= 11 is 0. The minimum atomic E-state index is -0.405. The van der Waals surface area contributed by atoms with Crippen molar-refractivity contribution in [1.82, 2.24) is 15.5 Å². The average molecular weight is 333 g/mol. The first-order valence-corrected chi connectivity index (χ1v) is 8.32. The highest BCUT2D eigenvalue weighted by atomic mass is 16.2. The topological polar surface area (TPSA) is 61.4 Å². The summed E-state index contributed by atoms with van der Waals surface area (Å²) in [6, 6.07) is 17.1. The van der Waals surface area contributed by atoms with Crippen LogP contribution in [-0.4, -0.2) is 23.4 Å². The zero-order valence-electron chi connectivity index (χ0n) is 14.0. The Labute approximate surface area is 146 Å². The molecule has 2 aliphatic heterocycles. The Balaban J connectivity index is 1.63. The number of nitrogens with one attached hydrogen (secondary N) is 2. The fraction of sp³-hybridized carbons (Fsp3) is 0.200. The van der Waals surface area contributed by atoms with E-state index in [0.29, 0.717) is 24.4 Å². The van der Waals surface area contributed by atoms with Crippen LogP contribution in [0.15, 0.2) is 65.9 Å². The van der Waals surface area contributed by atoms with Crippen molar-refractivity contribution >= 4 is 11.9 Å². The molecule has 126 valence electrons. The quantitative estimate of drug-likeness (QED) is 0.907. The van der Waals surface area contributed by atoms with Crippen molar-refractivity contribution in [1.29, 1.82) is 0 Å². The highest BCUT2D eigenvalue weighted by molar-refractivity contribution is 6.01. The maximum atomic E-state index is 13.0. The predicted octanol–water partition coefficient (Wildman–Crippen LogP) is 2.65. The standard InChI is InChI=1S/C20H19N3O2/c1-13-7-9-15(10-8-13)18-17-16(21-20(25)22-18)12-23(19(17)24)11-14-5-3-2-4-6-14/h2-10,18H,11-12H2,1H3,(H2,21,22,25)/t18-/m1/s1. The lowest BCUT2D eigenvalue weighted by Gasteiger charge is -2.25. The van der Waals surface area contributed by atoms with Gasteiger partial charge < -0.3 is 15.5 Å². The van der Waals surface area contributed by atoms with Crippen LogP contribution in [-0.2, 0) is 11.3 Å². The zero-order valence-corrected chi connectivity index (χ0v) is 14.0. The molecular weight excluding hydrogens is 314 g/mol. The summed E-state index contributed by atoms with van der Waals surface area (Å²) in [5, 5.41) is 5.69. The Morgan fingerprint density at radius 2 is 1.76 bits per heavy atom. The largest absolute Gasteiger partial charge is 0.329 e. The van der Waals surface area contributed by atoms with Gasteiger partial charge in [-0.3, -0.25) is 4.79 Å². The first kappa shape index (κ1) is 15.4. The molecule has 0 aliphatic carbocycles. The summed E-state index contributed by atoms with van der Waals surface area (Å²) in [4.78, 5) is 26.8. The molecular formula is C20H19N3O2. The van der Waals surface area contributed by atoms with E-state index in [1.807, 2.05) is 61.5 Å². The molecule has 3 amide bonds. The van der Waals surface area contributed by atoms with E-state index >= 15 is 0 Å². The van der Waals surface area contributed by atoms with E-state index in [1.165, 1.54) is 0 Å². The third kappa shape index (κ3) is 2.89. The summed E-state index contributed by atoms with van der Waals surface area (Å²) in [7, 11) is 0. The van der Waals surface area contributed by atoms with Crippen LogP contribution >= 0.6 is 0 Å². The molecule has 5 heteroatoms. The van der Waals surface area contributed by atoms with Gasteiger partial charge in [-0.1, -0.05) is 60.2 Å². The molecule has 0 bridgehead atoms. The number of amides is 3. The molecule has 0 saturated heterocycles. The number of benzene rings is 2. The Kier molecular flexibility index (Phi) is 3.76. The molecule has 2 aliphatic rings. The van der Waals surface area contributed by atoms with E-state index in [9.17, 15) is 9.59 Å². The van der Waals surface area contributed by atoms with Crippen LogP contribution in [0.4, 0.5) is 4.79 Å². The van der Waals surface area contributed by atoms with Gasteiger partial charge in [-0.2, -0.15) is 0 Å². The van der Waals surface area contributed by atoms with Gasteiger partial charge in [0.2, 0.25) is 0 Å². The van der Waals surface area contributed by atoms with Gasteiger partial charge in [-0.15, -0.1) is 0 Å². The molecule has 0 saturated carbocycles. The lowest BCUT2D eigenvalue weighted by atomic mass is 9.95. The second kappa shape index (κ2) is 6.09. The number of carbonyl (C=O) groups excluding carboxylic acids is 2. The van der Waals surface area contributed by atoms with Crippen molar-refractivity contribution in [3.8, 4) is 0 Å². The third-order valence-electron chi connectivity index (χ3n) is 4.65. The molecule has 0 fully saturated rings. The monoisotopic (exact) mass is 333 g/mol. The second-order valence-corrected chi connectivity index (χ2v) is 6.48. The summed E-state index contributed by atoms with van der Waals surface area (Å²) < 4.78 is 0. The lowest BCUT2D eigenvalue weighted by molar-refractivity contribution is -0.126. The van der Waals surface area contributed by atoms with Crippen molar-refractivity contribution in [2.75, 3.05) is 6.54 Å². The lowest BCUT2D eigenvalue weighted by Crippen LogP contribution is -2.44. The van der Waals surface area contributed by atoms with Crippen LogP contribution in [0.5, 0.6) is 0 Å². The van der Waals surface area contributed by atoms with E-state index < -0.39 is 6.04 Å². The molecule has 2 N–H and O–H groups in total. The fourth-order valence-electron chi connectivity index (χ4n) is 3.37. The average Bonchev–Trinajstić information content (AvgIpc) is 2.91. The van der Waals surface area contributed by atoms with Gasteiger partial charge in [-0.05, 0) is 18.1 Å². The van der Waals surface area contributed by atoms with Crippen LogP contribution in [0.1, 0.15) is 22.7 Å². The van der Waals surface area contributed by atoms with Gasteiger partial charge in [-0.25, -0.2) is 4.79 Å². The zero-order chi connectivity index (χ0) is 17.4. The summed E-state index contributed by atoms with van der Waals surface area (Å²) in [5.41, 5.74) is 4.47. The van der Waals surface area contributed by atoms with Crippen LogP contribution < -0.4 is 10.6 Å². The Bertz CT molecular complexity index is 856. The van der Waals surface area contributed by atoms with Gasteiger partial charge in [0.05, 0.1) is 23.9 Å². The normalized spacial score (nSPS) is 19.6. The molecule has 0 spiro atoms. The van der Waals surface area contributed by atoms with Crippen LogP contribution in [0.25, 0.3) is 0 Å². The van der Waals surface area contributed by atoms with Crippen molar-refractivity contribution in [2.24, 2.45) is 0 Å². The Morgan fingerprint density at radius 1 is 1.04 bits per heavy atom. The van der Waals surface area contributed by atoms with E-state index in [0.717, 1.165) is 16.7 Å². The molecule has 2 heterocycles. The first-order valence-electron chi connectivity index (χ1n) is 8.32. The van der Waals surface area contributed by atoms with Crippen molar-refractivity contribution in [3.63, 3.8) is 0 Å². The van der Waals surface area contributed by atoms with Crippen LogP contribution in [0, 0.1) is 6.92 Å². The van der Waals surface area contributed by atoms with Gasteiger partial charge in [0.1, 0.15) is 0 Å². The van der Waals surface area contributed by atoms with Crippen LogP contribution in [0.2, 0.25) is 0 Å². The number of aryl methyl sites for hydroxylation is 1. The molecule has 5 nitrogen and oxygen atoms in total. The third-order valence-corrected chi connectivity index (χ3v) is 4.65. The molecule has 0 aromatic heterocycles. The number of urea groups is 1. The number of carbonyl (C=O) groups is 2. The van der Waals surface area contributed by atoms with Gasteiger partial charge >= 0.3 is 6.03 Å². The smallest absolute Gasteiger partial charge is 0.319 e. The molecule has 0 unspecified atom stereocenters. The minimum absolute atomic E-state index is 0.0306. The van der Waals surface area contributed by atoms with E-state index in [1.54, 1.807) is 4.90 Å². The summed E-state index contributed by atoms with van der Waals surface area (Å²) in [6.07, 6.45) is 0. The fourth-order valence-corrected chi connectivity index (χ4v) is 3.37.